The molecule has 25 heavy (non-hydrogen) atoms. The van der Waals surface area contributed by atoms with E-state index in [1.807, 2.05) is 0 Å². The van der Waals surface area contributed by atoms with Crippen molar-refractivity contribution < 1.29 is 19.1 Å². The molecule has 0 unspecified atom stereocenters. The number of benzene rings is 2. The predicted octanol–water partition coefficient (Wildman–Crippen LogP) is 1.69. The number of methoxy groups -OCH3 is 1. The van der Waals surface area contributed by atoms with Gasteiger partial charge in [-0.15, -0.1) is 0 Å². The van der Waals surface area contributed by atoms with Crippen LogP contribution in [0.2, 0.25) is 0 Å². The van der Waals surface area contributed by atoms with Crippen molar-refractivity contribution in [2.24, 2.45) is 5.73 Å². The molecule has 130 valence electrons. The van der Waals surface area contributed by atoms with Gasteiger partial charge in [0.15, 0.2) is 11.7 Å². The summed E-state index contributed by atoms with van der Waals surface area (Å²) in [4.78, 5) is 23.2. The molecular formula is C17H17N3O4S. The van der Waals surface area contributed by atoms with Crippen molar-refractivity contribution in [1.29, 1.82) is 0 Å². The summed E-state index contributed by atoms with van der Waals surface area (Å²) in [7, 11) is 1.56. The van der Waals surface area contributed by atoms with Crippen LogP contribution in [-0.4, -0.2) is 30.6 Å². The highest BCUT2D eigenvalue weighted by Gasteiger charge is 2.10. The highest BCUT2D eigenvalue weighted by molar-refractivity contribution is 7.80. The van der Waals surface area contributed by atoms with E-state index >= 15 is 0 Å². The molecule has 4 N–H and O–H groups in total. The molecule has 0 aliphatic carbocycles. The van der Waals surface area contributed by atoms with Gasteiger partial charge in [0.05, 0.1) is 18.4 Å². The lowest BCUT2D eigenvalue weighted by atomic mass is 10.1. The third-order valence-corrected chi connectivity index (χ3v) is 3.33. The van der Waals surface area contributed by atoms with Crippen molar-refractivity contribution >= 4 is 34.8 Å². The molecule has 0 spiro atoms. The lowest BCUT2D eigenvalue weighted by Crippen LogP contribution is -2.37. The summed E-state index contributed by atoms with van der Waals surface area (Å²) in [6.45, 7) is -0.217. The van der Waals surface area contributed by atoms with E-state index in [1.54, 1.807) is 55.6 Å². The van der Waals surface area contributed by atoms with Crippen LogP contribution in [0.5, 0.6) is 11.5 Å². The molecule has 0 radical (unpaired) electrons. The van der Waals surface area contributed by atoms with E-state index in [0.29, 0.717) is 17.2 Å². The molecular weight excluding hydrogens is 342 g/mol. The summed E-state index contributed by atoms with van der Waals surface area (Å²) in [6, 6.07) is 13.4. The number of carbonyl (C=O) groups is 2. The van der Waals surface area contributed by atoms with Crippen LogP contribution < -0.4 is 25.8 Å². The van der Waals surface area contributed by atoms with E-state index in [2.05, 4.69) is 10.6 Å². The smallest absolute Gasteiger partial charge is 0.264 e. The first-order valence-corrected chi connectivity index (χ1v) is 7.67. The van der Waals surface area contributed by atoms with E-state index in [-0.39, 0.29) is 17.3 Å². The van der Waals surface area contributed by atoms with E-state index in [1.165, 1.54) is 0 Å². The Kier molecular flexibility index (Phi) is 6.30. The zero-order valence-corrected chi connectivity index (χ0v) is 14.3. The van der Waals surface area contributed by atoms with Gasteiger partial charge in [-0.2, -0.15) is 0 Å². The van der Waals surface area contributed by atoms with Gasteiger partial charge in [0.1, 0.15) is 11.5 Å². The number of ether oxygens (including phenoxy) is 2. The fraction of sp³-hybridized carbons (Fsp3) is 0.118. The van der Waals surface area contributed by atoms with Gasteiger partial charge in [0.2, 0.25) is 0 Å². The number of anilines is 1. The first-order chi connectivity index (χ1) is 12.0. The second kappa shape index (κ2) is 8.65. The first-order valence-electron chi connectivity index (χ1n) is 7.26. The molecule has 0 saturated carbocycles. The normalized spacial score (nSPS) is 9.80. The van der Waals surface area contributed by atoms with Crippen molar-refractivity contribution in [3.63, 3.8) is 0 Å². The molecule has 0 atom stereocenters. The van der Waals surface area contributed by atoms with Crippen molar-refractivity contribution in [2.75, 3.05) is 19.0 Å². The molecule has 0 fully saturated rings. The summed E-state index contributed by atoms with van der Waals surface area (Å²) in [6.07, 6.45) is 0. The third-order valence-electron chi connectivity index (χ3n) is 3.12. The zero-order chi connectivity index (χ0) is 18.2. The van der Waals surface area contributed by atoms with Crippen LogP contribution in [0.3, 0.4) is 0 Å². The van der Waals surface area contributed by atoms with Gasteiger partial charge >= 0.3 is 0 Å². The monoisotopic (exact) mass is 359 g/mol. The van der Waals surface area contributed by atoms with Crippen molar-refractivity contribution in [2.45, 2.75) is 0 Å². The number of nitrogens with two attached hydrogens (primary N) is 1. The number of hydrogen-bond acceptors (Lipinski definition) is 5. The van der Waals surface area contributed by atoms with E-state index in [4.69, 9.17) is 27.4 Å². The SMILES string of the molecule is COc1ccc(OCC(=O)NC(=S)Nc2ccccc2C(N)=O)cc1. The van der Waals surface area contributed by atoms with Gasteiger partial charge in [-0.3, -0.25) is 14.9 Å². The fourth-order valence-electron chi connectivity index (χ4n) is 1.94. The van der Waals surface area contributed by atoms with Crippen LogP contribution in [0.1, 0.15) is 10.4 Å². The maximum absolute atomic E-state index is 11.9. The van der Waals surface area contributed by atoms with Crippen LogP contribution in [0.15, 0.2) is 48.5 Å². The Labute approximate surface area is 150 Å². The lowest BCUT2D eigenvalue weighted by Gasteiger charge is -2.12. The van der Waals surface area contributed by atoms with E-state index in [0.717, 1.165) is 0 Å². The number of rotatable bonds is 6. The standard InChI is InChI=1S/C17H17N3O4S/c1-23-11-6-8-12(9-7-11)24-10-15(21)20-17(25)19-14-5-3-2-4-13(14)16(18)22/h2-9H,10H2,1H3,(H2,18,22)(H2,19,20,21,25). The maximum atomic E-state index is 11.9. The Balaban J connectivity index is 1.85. The number of nitrogens with one attached hydrogen (secondary N) is 2. The van der Waals surface area contributed by atoms with Crippen molar-refractivity contribution in [3.8, 4) is 11.5 Å². The molecule has 0 aliphatic rings. The Bertz CT molecular complexity index is 778. The molecule has 0 heterocycles. The number of hydrogen-bond donors (Lipinski definition) is 3. The molecule has 7 nitrogen and oxygen atoms in total. The largest absolute Gasteiger partial charge is 0.497 e. The summed E-state index contributed by atoms with van der Waals surface area (Å²) in [5.74, 6) is 0.175. The second-order valence-electron chi connectivity index (χ2n) is 4.88. The summed E-state index contributed by atoms with van der Waals surface area (Å²) < 4.78 is 10.4. The van der Waals surface area contributed by atoms with Crippen molar-refractivity contribution in [1.82, 2.24) is 5.32 Å². The number of carbonyl (C=O) groups excluding carboxylic acids is 2. The van der Waals surface area contributed by atoms with Crippen LogP contribution in [0, 0.1) is 0 Å². The summed E-state index contributed by atoms with van der Waals surface area (Å²) >= 11 is 5.05. The summed E-state index contributed by atoms with van der Waals surface area (Å²) in [5.41, 5.74) is 5.97. The Morgan fingerprint density at radius 2 is 1.72 bits per heavy atom. The van der Waals surface area contributed by atoms with Gasteiger partial charge in [-0.25, -0.2) is 0 Å². The van der Waals surface area contributed by atoms with Crippen LogP contribution in [0.4, 0.5) is 5.69 Å². The van der Waals surface area contributed by atoms with Crippen molar-refractivity contribution in [3.05, 3.63) is 54.1 Å². The molecule has 2 rings (SSSR count). The van der Waals surface area contributed by atoms with Crippen LogP contribution in [0.25, 0.3) is 0 Å². The lowest BCUT2D eigenvalue weighted by molar-refractivity contribution is -0.121. The quantitative estimate of drug-likeness (QED) is 0.678. The highest BCUT2D eigenvalue weighted by atomic mass is 32.1. The van der Waals surface area contributed by atoms with E-state index < -0.39 is 11.8 Å². The molecule has 0 bridgehead atoms. The number of thiocarbonyl (C=S) groups is 1. The van der Waals surface area contributed by atoms with Gasteiger partial charge < -0.3 is 20.5 Å². The predicted molar refractivity (Wildman–Crippen MR) is 97.8 cm³/mol. The number of para-hydroxylation sites is 1. The minimum atomic E-state index is -0.597. The Hall–Kier alpha value is -3.13. The summed E-state index contributed by atoms with van der Waals surface area (Å²) in [5, 5.41) is 5.27. The van der Waals surface area contributed by atoms with Crippen LogP contribution >= 0.6 is 12.2 Å². The molecule has 2 aromatic rings. The average Bonchev–Trinajstić information content (AvgIpc) is 2.60. The van der Waals surface area contributed by atoms with Gasteiger partial charge in [0.25, 0.3) is 11.8 Å². The molecule has 0 aliphatic heterocycles. The highest BCUT2D eigenvalue weighted by Crippen LogP contribution is 2.17. The second-order valence-corrected chi connectivity index (χ2v) is 5.28. The molecule has 0 saturated heterocycles. The van der Waals surface area contributed by atoms with Gasteiger partial charge in [0, 0.05) is 0 Å². The number of amides is 2. The minimum absolute atomic E-state index is 0.0389. The maximum Gasteiger partial charge on any atom is 0.264 e. The molecule has 2 amide bonds. The average molecular weight is 359 g/mol. The molecule has 8 heteroatoms. The van der Waals surface area contributed by atoms with E-state index in [9.17, 15) is 9.59 Å². The van der Waals surface area contributed by atoms with Gasteiger partial charge in [-0.05, 0) is 48.6 Å². The molecule has 2 aromatic carbocycles. The minimum Gasteiger partial charge on any atom is -0.497 e. The number of primary amides is 1. The Morgan fingerprint density at radius 1 is 1.08 bits per heavy atom. The van der Waals surface area contributed by atoms with Crippen LogP contribution in [-0.2, 0) is 4.79 Å². The first kappa shape index (κ1) is 18.2. The third kappa shape index (κ3) is 5.47. The zero-order valence-electron chi connectivity index (χ0n) is 13.4. The van der Waals surface area contributed by atoms with Gasteiger partial charge in [-0.1, -0.05) is 12.1 Å². The molecule has 0 aromatic heterocycles. The topological polar surface area (TPSA) is 103 Å². The fourth-order valence-corrected chi connectivity index (χ4v) is 2.17. The Morgan fingerprint density at radius 3 is 2.36 bits per heavy atom.